The summed E-state index contributed by atoms with van der Waals surface area (Å²) in [4.78, 5) is 12.0. The van der Waals surface area contributed by atoms with E-state index in [2.05, 4.69) is 10.6 Å². The Kier molecular flexibility index (Phi) is 4.63. The first-order valence-corrected chi connectivity index (χ1v) is 5.67. The van der Waals surface area contributed by atoms with E-state index in [9.17, 15) is 9.18 Å². The smallest absolute Gasteiger partial charge is 0.230 e. The van der Waals surface area contributed by atoms with Crippen molar-refractivity contribution in [2.24, 2.45) is 0 Å². The molecule has 1 aromatic carbocycles. The number of nitrogens with one attached hydrogen (secondary N) is 2. The number of rotatable bonds is 5. The van der Waals surface area contributed by atoms with Crippen LogP contribution in [0.5, 0.6) is 0 Å². The zero-order valence-electron chi connectivity index (χ0n) is 10.5. The van der Waals surface area contributed by atoms with Crippen molar-refractivity contribution in [3.63, 3.8) is 0 Å². The van der Waals surface area contributed by atoms with Crippen molar-refractivity contribution < 1.29 is 9.18 Å². The fourth-order valence-corrected chi connectivity index (χ4v) is 1.52. The molecule has 0 radical (unpaired) electrons. The van der Waals surface area contributed by atoms with Gasteiger partial charge in [0.15, 0.2) is 0 Å². The normalized spacial score (nSPS) is 11.3. The molecule has 0 heterocycles. The second-order valence-electron chi connectivity index (χ2n) is 4.49. The summed E-state index contributed by atoms with van der Waals surface area (Å²) >= 11 is 0. The molecule has 2 N–H and O–H groups in total. The molecule has 0 unspecified atom stereocenters. The molecule has 0 spiro atoms. The Morgan fingerprint density at radius 3 is 2.35 bits per heavy atom. The van der Waals surface area contributed by atoms with Gasteiger partial charge in [-0.2, -0.15) is 0 Å². The van der Waals surface area contributed by atoms with Crippen LogP contribution in [0.2, 0.25) is 0 Å². The molecule has 3 nitrogen and oxygen atoms in total. The Hall–Kier alpha value is -1.42. The van der Waals surface area contributed by atoms with Gasteiger partial charge in [0.2, 0.25) is 5.91 Å². The predicted molar refractivity (Wildman–Crippen MR) is 66.4 cm³/mol. The molecular weight excluding hydrogens is 219 g/mol. The second kappa shape index (κ2) is 5.77. The van der Waals surface area contributed by atoms with E-state index in [1.165, 1.54) is 12.1 Å². The molecule has 0 bridgehead atoms. The minimum Gasteiger partial charge on any atom is -0.354 e. The summed E-state index contributed by atoms with van der Waals surface area (Å²) in [6.07, 6.45) is 0. The third-order valence-corrected chi connectivity index (χ3v) is 2.79. The van der Waals surface area contributed by atoms with Crippen LogP contribution in [0.15, 0.2) is 24.3 Å². The lowest BCUT2D eigenvalue weighted by atomic mass is 9.84. The zero-order valence-corrected chi connectivity index (χ0v) is 10.5. The van der Waals surface area contributed by atoms with Crippen LogP contribution >= 0.6 is 0 Å². The first kappa shape index (κ1) is 13.6. The highest BCUT2D eigenvalue weighted by molar-refractivity contribution is 5.87. The quantitative estimate of drug-likeness (QED) is 0.762. The molecule has 1 amide bonds. The van der Waals surface area contributed by atoms with E-state index in [0.29, 0.717) is 6.54 Å². The molecule has 94 valence electrons. The molecule has 17 heavy (non-hydrogen) atoms. The van der Waals surface area contributed by atoms with Crippen molar-refractivity contribution in [2.45, 2.75) is 19.3 Å². The van der Waals surface area contributed by atoms with Gasteiger partial charge in [-0.1, -0.05) is 12.1 Å². The minimum atomic E-state index is -0.651. The standard InChI is InChI=1S/C13H19FN2O/c1-13(2,12(17)16-9-8-15-3)10-4-6-11(14)7-5-10/h4-7,15H,8-9H2,1-3H3,(H,16,17). The topological polar surface area (TPSA) is 41.1 Å². The summed E-state index contributed by atoms with van der Waals surface area (Å²) in [6, 6.07) is 6.04. The number of carbonyl (C=O) groups excluding carboxylic acids is 1. The Bertz CT molecular complexity index is 374. The number of amides is 1. The van der Waals surface area contributed by atoms with Crippen LogP contribution < -0.4 is 10.6 Å². The fourth-order valence-electron chi connectivity index (χ4n) is 1.52. The van der Waals surface area contributed by atoms with Gasteiger partial charge in [0.1, 0.15) is 5.82 Å². The van der Waals surface area contributed by atoms with E-state index in [4.69, 9.17) is 0 Å². The van der Waals surface area contributed by atoms with Gasteiger partial charge in [-0.05, 0) is 38.6 Å². The van der Waals surface area contributed by atoms with E-state index >= 15 is 0 Å². The summed E-state index contributed by atoms with van der Waals surface area (Å²) in [5.74, 6) is -0.348. The molecule has 0 saturated carbocycles. The largest absolute Gasteiger partial charge is 0.354 e. The first-order chi connectivity index (χ1) is 7.98. The van der Waals surface area contributed by atoms with Crippen LogP contribution in [0.1, 0.15) is 19.4 Å². The van der Waals surface area contributed by atoms with Crippen molar-refractivity contribution in [2.75, 3.05) is 20.1 Å². The van der Waals surface area contributed by atoms with Gasteiger partial charge >= 0.3 is 0 Å². The number of benzene rings is 1. The lowest BCUT2D eigenvalue weighted by molar-refractivity contribution is -0.125. The summed E-state index contributed by atoms with van der Waals surface area (Å²) in [6.45, 7) is 4.97. The number of hydrogen-bond acceptors (Lipinski definition) is 2. The summed E-state index contributed by atoms with van der Waals surface area (Å²) < 4.78 is 12.8. The van der Waals surface area contributed by atoms with E-state index in [-0.39, 0.29) is 11.7 Å². The molecule has 0 atom stereocenters. The highest BCUT2D eigenvalue weighted by Gasteiger charge is 2.29. The molecular formula is C13H19FN2O. The number of halogens is 1. The Labute approximate surface area is 101 Å². The van der Waals surface area contributed by atoms with Crippen LogP contribution in [0, 0.1) is 5.82 Å². The molecule has 0 fully saturated rings. The minimum absolute atomic E-state index is 0.0561. The number of carbonyl (C=O) groups is 1. The summed E-state index contributed by atoms with van der Waals surface area (Å²) in [5, 5.41) is 5.80. The monoisotopic (exact) mass is 238 g/mol. The maximum Gasteiger partial charge on any atom is 0.230 e. The number of hydrogen-bond donors (Lipinski definition) is 2. The molecule has 1 aromatic rings. The zero-order chi connectivity index (χ0) is 12.9. The lowest BCUT2D eigenvalue weighted by Crippen LogP contribution is -2.42. The van der Waals surface area contributed by atoms with Gasteiger partial charge in [0.25, 0.3) is 0 Å². The molecule has 0 aliphatic carbocycles. The fraction of sp³-hybridized carbons (Fsp3) is 0.462. The van der Waals surface area contributed by atoms with E-state index < -0.39 is 5.41 Å². The Morgan fingerprint density at radius 2 is 1.82 bits per heavy atom. The van der Waals surface area contributed by atoms with Crippen molar-refractivity contribution in [1.82, 2.24) is 10.6 Å². The van der Waals surface area contributed by atoms with E-state index in [1.54, 1.807) is 12.1 Å². The van der Waals surface area contributed by atoms with Crippen LogP contribution in [-0.2, 0) is 10.2 Å². The van der Waals surface area contributed by atoms with Gasteiger partial charge in [0, 0.05) is 13.1 Å². The third-order valence-electron chi connectivity index (χ3n) is 2.79. The van der Waals surface area contributed by atoms with Gasteiger partial charge in [-0.3, -0.25) is 4.79 Å². The van der Waals surface area contributed by atoms with Crippen molar-refractivity contribution in [1.29, 1.82) is 0 Å². The van der Waals surface area contributed by atoms with Crippen LogP contribution in [0.3, 0.4) is 0 Å². The van der Waals surface area contributed by atoms with Crippen molar-refractivity contribution >= 4 is 5.91 Å². The van der Waals surface area contributed by atoms with Crippen LogP contribution in [0.25, 0.3) is 0 Å². The van der Waals surface area contributed by atoms with Gasteiger partial charge in [0.05, 0.1) is 5.41 Å². The molecule has 0 saturated heterocycles. The van der Waals surface area contributed by atoms with Crippen molar-refractivity contribution in [3.8, 4) is 0 Å². The van der Waals surface area contributed by atoms with E-state index in [1.807, 2.05) is 20.9 Å². The van der Waals surface area contributed by atoms with Crippen LogP contribution in [0.4, 0.5) is 4.39 Å². The molecule has 0 aliphatic heterocycles. The average molecular weight is 238 g/mol. The lowest BCUT2D eigenvalue weighted by Gasteiger charge is -2.24. The van der Waals surface area contributed by atoms with Gasteiger partial charge in [-0.15, -0.1) is 0 Å². The van der Waals surface area contributed by atoms with Crippen molar-refractivity contribution in [3.05, 3.63) is 35.6 Å². The predicted octanol–water partition coefficient (Wildman–Crippen LogP) is 1.44. The second-order valence-corrected chi connectivity index (χ2v) is 4.49. The molecule has 1 rings (SSSR count). The van der Waals surface area contributed by atoms with E-state index in [0.717, 1.165) is 12.1 Å². The summed E-state index contributed by atoms with van der Waals surface area (Å²) in [7, 11) is 1.83. The van der Waals surface area contributed by atoms with Gasteiger partial charge < -0.3 is 10.6 Å². The average Bonchev–Trinajstić information content (AvgIpc) is 2.29. The molecule has 4 heteroatoms. The third kappa shape index (κ3) is 3.53. The highest BCUT2D eigenvalue weighted by Crippen LogP contribution is 2.23. The Balaban J connectivity index is 2.72. The Morgan fingerprint density at radius 1 is 1.24 bits per heavy atom. The maximum absolute atomic E-state index is 12.8. The van der Waals surface area contributed by atoms with Crippen LogP contribution in [-0.4, -0.2) is 26.0 Å². The summed E-state index contributed by atoms with van der Waals surface area (Å²) in [5.41, 5.74) is 0.155. The van der Waals surface area contributed by atoms with Gasteiger partial charge in [-0.25, -0.2) is 4.39 Å². The maximum atomic E-state index is 12.8. The molecule has 0 aliphatic rings. The SMILES string of the molecule is CNCCNC(=O)C(C)(C)c1ccc(F)cc1. The molecule has 0 aromatic heterocycles. The highest BCUT2D eigenvalue weighted by atomic mass is 19.1. The number of likely N-dealkylation sites (N-methyl/N-ethyl adjacent to an activating group) is 1. The first-order valence-electron chi connectivity index (χ1n) is 5.67.